The van der Waals surface area contributed by atoms with E-state index in [0.717, 1.165) is 17.0 Å². The van der Waals surface area contributed by atoms with Gasteiger partial charge in [0.15, 0.2) is 0 Å². The van der Waals surface area contributed by atoms with E-state index < -0.39 is 10.8 Å². The van der Waals surface area contributed by atoms with Crippen molar-refractivity contribution in [3.8, 4) is 5.75 Å². The lowest BCUT2D eigenvalue weighted by molar-refractivity contribution is 0.399. The number of hydrogen-bond acceptors (Lipinski definition) is 3. The highest BCUT2D eigenvalue weighted by Crippen LogP contribution is 2.23. The largest absolute Gasteiger partial charge is 0.508 e. The monoisotopic (exact) mass is 275 g/mol. The first kappa shape index (κ1) is 13.8. The number of hydrogen-bond donors (Lipinski definition) is 1. The van der Waals surface area contributed by atoms with Crippen LogP contribution in [0.4, 0.5) is 0 Å². The molecule has 0 amide bonds. The van der Waals surface area contributed by atoms with E-state index in [4.69, 9.17) is 0 Å². The lowest BCUT2D eigenvalue weighted by Crippen LogP contribution is -2.12. The van der Waals surface area contributed by atoms with Crippen molar-refractivity contribution in [3.63, 3.8) is 0 Å². The minimum absolute atomic E-state index is 0.135. The predicted molar refractivity (Wildman–Crippen MR) is 76.6 cm³/mol. The van der Waals surface area contributed by atoms with E-state index in [2.05, 4.69) is 0 Å². The van der Waals surface area contributed by atoms with E-state index >= 15 is 0 Å². The van der Waals surface area contributed by atoms with Gasteiger partial charge < -0.3 is 10.0 Å². The van der Waals surface area contributed by atoms with Crippen LogP contribution in [0.3, 0.4) is 0 Å². The van der Waals surface area contributed by atoms with Crippen LogP contribution in [0.15, 0.2) is 58.3 Å². The Morgan fingerprint density at radius 2 is 1.84 bits per heavy atom. The second-order valence-corrected chi connectivity index (χ2v) is 6.06. The van der Waals surface area contributed by atoms with Crippen LogP contribution >= 0.6 is 0 Å². The lowest BCUT2D eigenvalue weighted by Gasteiger charge is -2.13. The van der Waals surface area contributed by atoms with Crippen LogP contribution in [0.5, 0.6) is 5.75 Å². The summed E-state index contributed by atoms with van der Waals surface area (Å²) in [5.74, 6) is 0.135. The maximum absolute atomic E-state index is 12.6. The Balaban J connectivity index is 2.39. The molecule has 0 radical (unpaired) electrons. The molecule has 2 aromatic rings. The van der Waals surface area contributed by atoms with Crippen molar-refractivity contribution in [2.45, 2.75) is 16.3 Å². The quantitative estimate of drug-likeness (QED) is 0.932. The van der Waals surface area contributed by atoms with E-state index in [9.17, 15) is 9.32 Å². The fourth-order valence-corrected chi connectivity index (χ4v) is 3.14. The molecule has 3 nitrogen and oxygen atoms in total. The summed E-state index contributed by atoms with van der Waals surface area (Å²) in [6.07, 6.45) is 0. The van der Waals surface area contributed by atoms with E-state index in [1.807, 2.05) is 43.3 Å². The zero-order valence-electron chi connectivity index (χ0n) is 11.0. The molecular weight excluding hydrogens is 258 g/mol. The van der Waals surface area contributed by atoms with E-state index in [0.29, 0.717) is 4.90 Å². The summed E-state index contributed by atoms with van der Waals surface area (Å²) in [6, 6.07) is 14.3. The van der Waals surface area contributed by atoms with Crippen molar-refractivity contribution >= 4 is 10.8 Å². The fraction of sp³-hybridized carbons (Fsp3) is 0.200. The van der Waals surface area contributed by atoms with Crippen LogP contribution in [0.2, 0.25) is 0 Å². The molecule has 2 aromatic carbocycles. The molecule has 0 aliphatic carbocycles. The fourth-order valence-electron chi connectivity index (χ4n) is 1.88. The summed E-state index contributed by atoms with van der Waals surface area (Å²) in [4.78, 5) is 3.45. The van der Waals surface area contributed by atoms with Crippen LogP contribution in [0.25, 0.3) is 0 Å². The number of phenolic OH excluding ortho intramolecular Hbond substituents is 1. The first-order chi connectivity index (χ1) is 9.08. The van der Waals surface area contributed by atoms with E-state index in [-0.39, 0.29) is 5.75 Å². The van der Waals surface area contributed by atoms with Crippen molar-refractivity contribution in [2.24, 2.45) is 0 Å². The summed E-state index contributed by atoms with van der Waals surface area (Å²) < 4.78 is 12.6. The number of nitrogens with zero attached hydrogens (tertiary/aromatic N) is 1. The molecule has 100 valence electrons. The van der Waals surface area contributed by atoms with E-state index in [1.165, 1.54) is 0 Å². The Morgan fingerprint density at radius 1 is 1.11 bits per heavy atom. The molecular formula is C15H17NO2S. The van der Waals surface area contributed by atoms with Crippen LogP contribution in [0, 0.1) is 0 Å². The Kier molecular flexibility index (Phi) is 4.35. The van der Waals surface area contributed by atoms with Gasteiger partial charge in [0.25, 0.3) is 0 Å². The molecule has 0 unspecified atom stereocenters. The standard InChI is InChI=1S/C15H17NO2S/c1-16(2)11-12-6-3-4-9-15(12)19(18)14-8-5-7-13(17)10-14/h3-10,17H,11H2,1-2H3/t19-/m0/s1. The maximum Gasteiger partial charge on any atom is 0.116 e. The highest BCUT2D eigenvalue weighted by Gasteiger charge is 2.12. The molecule has 0 aromatic heterocycles. The number of aromatic hydroxyl groups is 1. The first-order valence-electron chi connectivity index (χ1n) is 6.01. The molecule has 0 aliphatic rings. The topological polar surface area (TPSA) is 40.5 Å². The minimum atomic E-state index is -1.27. The van der Waals surface area contributed by atoms with Crippen LogP contribution < -0.4 is 0 Å². The van der Waals surface area contributed by atoms with Crippen LogP contribution in [-0.2, 0) is 17.3 Å². The highest BCUT2D eigenvalue weighted by atomic mass is 32.2. The van der Waals surface area contributed by atoms with E-state index in [1.54, 1.807) is 24.3 Å². The Labute approximate surface area is 116 Å². The minimum Gasteiger partial charge on any atom is -0.508 e. The molecule has 0 bridgehead atoms. The predicted octanol–water partition coefficient (Wildman–Crippen LogP) is 2.62. The van der Waals surface area contributed by atoms with Crippen molar-refractivity contribution in [1.82, 2.24) is 4.90 Å². The van der Waals surface area contributed by atoms with Gasteiger partial charge in [-0.1, -0.05) is 24.3 Å². The number of rotatable bonds is 4. The molecule has 4 heteroatoms. The van der Waals surface area contributed by atoms with Crippen molar-refractivity contribution in [2.75, 3.05) is 14.1 Å². The third-order valence-electron chi connectivity index (χ3n) is 2.69. The van der Waals surface area contributed by atoms with Gasteiger partial charge in [0.1, 0.15) is 5.75 Å². The normalized spacial score (nSPS) is 12.6. The Morgan fingerprint density at radius 3 is 2.53 bits per heavy atom. The average molecular weight is 275 g/mol. The van der Waals surface area contributed by atoms with Gasteiger partial charge in [0, 0.05) is 16.3 Å². The van der Waals surface area contributed by atoms with Crippen LogP contribution in [0.1, 0.15) is 5.56 Å². The van der Waals surface area contributed by atoms with Gasteiger partial charge in [-0.25, -0.2) is 4.21 Å². The molecule has 1 N–H and O–H groups in total. The second-order valence-electron chi connectivity index (χ2n) is 4.61. The maximum atomic E-state index is 12.6. The molecule has 0 saturated heterocycles. The Hall–Kier alpha value is -1.65. The van der Waals surface area contributed by atoms with Gasteiger partial charge in [0.2, 0.25) is 0 Å². The molecule has 19 heavy (non-hydrogen) atoms. The van der Waals surface area contributed by atoms with Gasteiger partial charge in [0.05, 0.1) is 10.8 Å². The smallest absolute Gasteiger partial charge is 0.116 e. The number of benzene rings is 2. The highest BCUT2D eigenvalue weighted by molar-refractivity contribution is 7.85. The zero-order chi connectivity index (χ0) is 13.8. The third kappa shape index (κ3) is 3.43. The molecule has 0 heterocycles. The van der Waals surface area contributed by atoms with Gasteiger partial charge in [-0.05, 0) is 43.9 Å². The summed E-state index contributed by atoms with van der Waals surface area (Å²) in [5, 5.41) is 9.48. The third-order valence-corrected chi connectivity index (χ3v) is 4.17. The molecule has 1 atom stereocenters. The van der Waals surface area contributed by atoms with Crippen molar-refractivity contribution < 1.29 is 9.32 Å². The summed E-state index contributed by atoms with van der Waals surface area (Å²) in [7, 11) is 2.69. The SMILES string of the molecule is CN(C)Cc1ccccc1[S@@](=O)c1cccc(O)c1. The van der Waals surface area contributed by atoms with Gasteiger partial charge in [-0.15, -0.1) is 0 Å². The lowest BCUT2D eigenvalue weighted by atomic mass is 10.2. The first-order valence-corrected chi connectivity index (χ1v) is 7.16. The Bertz CT molecular complexity index is 596. The molecule has 0 aliphatic heterocycles. The van der Waals surface area contributed by atoms with Gasteiger partial charge in [-0.2, -0.15) is 0 Å². The van der Waals surface area contributed by atoms with Crippen molar-refractivity contribution in [3.05, 3.63) is 54.1 Å². The van der Waals surface area contributed by atoms with Crippen molar-refractivity contribution in [1.29, 1.82) is 0 Å². The average Bonchev–Trinajstić information content (AvgIpc) is 2.38. The molecule has 0 fully saturated rings. The molecule has 0 spiro atoms. The van der Waals surface area contributed by atoms with Gasteiger partial charge >= 0.3 is 0 Å². The van der Waals surface area contributed by atoms with Gasteiger partial charge in [-0.3, -0.25) is 0 Å². The zero-order valence-corrected chi connectivity index (χ0v) is 11.9. The summed E-state index contributed by atoms with van der Waals surface area (Å²) in [6.45, 7) is 0.737. The van der Waals surface area contributed by atoms with Crippen LogP contribution in [-0.4, -0.2) is 28.3 Å². The summed E-state index contributed by atoms with van der Waals surface area (Å²) >= 11 is 0. The number of phenols is 1. The second kappa shape index (κ2) is 5.99. The molecule has 2 rings (SSSR count). The molecule has 0 saturated carbocycles. The summed E-state index contributed by atoms with van der Waals surface area (Å²) in [5.41, 5.74) is 1.04.